The van der Waals surface area contributed by atoms with Crippen molar-refractivity contribution in [3.8, 4) is 11.8 Å². The van der Waals surface area contributed by atoms with Crippen molar-refractivity contribution >= 4 is 41.3 Å². The van der Waals surface area contributed by atoms with Crippen LogP contribution in [-0.4, -0.2) is 34.2 Å². The zero-order valence-corrected chi connectivity index (χ0v) is 24.8. The molecule has 0 N–H and O–H groups in total. The summed E-state index contributed by atoms with van der Waals surface area (Å²) in [7, 11) is 0. The standard InChI is InChI=1S/C34H31BF2N2O4/c1-6-42-34(41)30-26-10-7-22-15-25-16-24(33(40)43-29(25)17-23(22)8-11-27(26)30)9-12-28-31-18(2)13-20(4)38(31)35(36,37)39-21(5)14-19(3)32(28)39/h9,12-17,26-27,30H,6-7,10H2,1-5H3/b12-9+. The Morgan fingerprint density at radius 2 is 1.98 bits per heavy atom. The van der Waals surface area contributed by atoms with Gasteiger partial charge in [0, 0.05) is 41.1 Å². The number of carbonyl (C=O) groups is 1. The zero-order valence-electron chi connectivity index (χ0n) is 24.8. The van der Waals surface area contributed by atoms with E-state index in [0.29, 0.717) is 46.1 Å². The molecule has 3 aromatic rings. The summed E-state index contributed by atoms with van der Waals surface area (Å²) in [6, 6.07) is 7.35. The van der Waals surface area contributed by atoms with Crippen molar-refractivity contribution in [2.45, 2.75) is 47.5 Å². The molecule has 0 bridgehead atoms. The van der Waals surface area contributed by atoms with Crippen molar-refractivity contribution in [1.29, 1.82) is 0 Å². The van der Waals surface area contributed by atoms with Crippen LogP contribution in [-0.2, 0) is 16.0 Å². The minimum absolute atomic E-state index is 0.00270. The predicted octanol–water partition coefficient (Wildman–Crippen LogP) is 6.03. The molecule has 0 amide bonds. The van der Waals surface area contributed by atoms with E-state index < -0.39 is 12.6 Å². The average molecular weight is 580 g/mol. The number of rotatable bonds is 4. The summed E-state index contributed by atoms with van der Waals surface area (Å²) < 4.78 is 45.0. The molecule has 4 heterocycles. The van der Waals surface area contributed by atoms with Gasteiger partial charge in [0.25, 0.3) is 0 Å². The summed E-state index contributed by atoms with van der Waals surface area (Å²) >= 11 is 0. The van der Waals surface area contributed by atoms with Crippen molar-refractivity contribution in [3.63, 3.8) is 0 Å². The third-order valence-electron chi connectivity index (χ3n) is 9.23. The molecule has 43 heavy (non-hydrogen) atoms. The number of aryl methyl sites for hydroxylation is 3. The van der Waals surface area contributed by atoms with E-state index in [1.807, 2.05) is 19.9 Å². The van der Waals surface area contributed by atoms with Gasteiger partial charge >= 0.3 is 18.6 Å². The van der Waals surface area contributed by atoms with Crippen LogP contribution in [0, 0.1) is 43.4 Å². The Morgan fingerprint density at radius 1 is 1.19 bits per heavy atom. The van der Waals surface area contributed by atoms with Crippen molar-refractivity contribution in [2.24, 2.45) is 17.8 Å². The van der Waals surface area contributed by atoms with E-state index in [4.69, 9.17) is 9.15 Å². The topological polar surface area (TPSA) is 64.4 Å². The lowest BCUT2D eigenvalue weighted by Crippen LogP contribution is -2.51. The Kier molecular flexibility index (Phi) is 6.07. The zero-order chi connectivity index (χ0) is 30.4. The fourth-order valence-electron chi connectivity index (χ4n) is 7.32. The Labute approximate surface area is 248 Å². The summed E-state index contributed by atoms with van der Waals surface area (Å²) in [6.07, 6.45) is 6.76. The molecular weight excluding hydrogens is 549 g/mol. The monoisotopic (exact) mass is 580 g/mol. The number of benzene rings is 1. The summed E-state index contributed by atoms with van der Waals surface area (Å²) in [5.74, 6) is 6.31. The number of nitrogens with zero attached hydrogens (tertiary/aromatic N) is 2. The van der Waals surface area contributed by atoms with Gasteiger partial charge in [-0.3, -0.25) is 4.79 Å². The molecule has 0 spiro atoms. The molecule has 1 aromatic carbocycles. The maximum atomic E-state index is 15.9. The number of allylic oxidation sites excluding steroid dienone is 4. The second kappa shape index (κ2) is 9.53. The lowest BCUT2D eigenvalue weighted by atomic mass is 9.86. The molecule has 2 aliphatic heterocycles. The third-order valence-corrected chi connectivity index (χ3v) is 9.23. The Morgan fingerprint density at radius 3 is 2.74 bits per heavy atom. The number of esters is 1. The summed E-state index contributed by atoms with van der Waals surface area (Å²) in [4.78, 5) is 25.5. The SMILES string of the molecule is CCOC(=O)C1C2C#Cc3cc4oc(=O)c(/C=C/C5=C6C(C)=CC(C)=[N+]6[B-](F)(F)n6c(C)cc(C)c65)cc4cc3CCC21. The highest BCUT2D eigenvalue weighted by atomic mass is 19.2. The van der Waals surface area contributed by atoms with Gasteiger partial charge < -0.3 is 26.7 Å². The molecule has 0 radical (unpaired) electrons. The van der Waals surface area contributed by atoms with Crippen LogP contribution < -0.4 is 5.63 Å². The molecule has 4 aliphatic rings. The lowest BCUT2D eigenvalue weighted by molar-refractivity contribution is -0.363. The first-order valence-corrected chi connectivity index (χ1v) is 14.8. The van der Waals surface area contributed by atoms with Crippen molar-refractivity contribution in [1.82, 2.24) is 4.48 Å². The van der Waals surface area contributed by atoms with E-state index in [-0.39, 0.29) is 23.7 Å². The van der Waals surface area contributed by atoms with Gasteiger partial charge in [-0.1, -0.05) is 11.8 Å². The first-order valence-electron chi connectivity index (χ1n) is 14.8. The Hall–Kier alpha value is -4.45. The van der Waals surface area contributed by atoms with Gasteiger partial charge in [-0.25, -0.2) is 4.79 Å². The molecule has 2 aromatic heterocycles. The number of carbonyl (C=O) groups excluding carboxylic acids is 1. The summed E-state index contributed by atoms with van der Waals surface area (Å²) in [5.41, 5.74) is 6.06. The maximum Gasteiger partial charge on any atom is 0.737 e. The second-order valence-corrected chi connectivity index (χ2v) is 12.0. The normalized spacial score (nSPS) is 23.1. The minimum atomic E-state index is -4.07. The number of aromatic nitrogens is 1. The molecule has 6 nitrogen and oxygen atoms in total. The molecule has 1 saturated carbocycles. The van der Waals surface area contributed by atoms with Crippen LogP contribution in [0.25, 0.3) is 22.6 Å². The summed E-state index contributed by atoms with van der Waals surface area (Å²) in [6.45, 7) is 5.14. The van der Waals surface area contributed by atoms with Crippen LogP contribution in [0.1, 0.15) is 60.8 Å². The minimum Gasteiger partial charge on any atom is -0.466 e. The average Bonchev–Trinajstić information content (AvgIpc) is 3.39. The molecule has 2 aliphatic carbocycles. The van der Waals surface area contributed by atoms with Gasteiger partial charge in [-0.15, -0.1) is 0 Å². The highest BCUT2D eigenvalue weighted by molar-refractivity contribution is 6.58. The first kappa shape index (κ1) is 27.4. The fourth-order valence-corrected chi connectivity index (χ4v) is 7.32. The lowest BCUT2D eigenvalue weighted by Gasteiger charge is -2.33. The van der Waals surface area contributed by atoms with Crippen LogP contribution >= 0.6 is 0 Å². The van der Waals surface area contributed by atoms with Gasteiger partial charge in [0.05, 0.1) is 23.7 Å². The maximum absolute atomic E-state index is 15.9. The van der Waals surface area contributed by atoms with Crippen molar-refractivity contribution < 1.29 is 27.1 Å². The van der Waals surface area contributed by atoms with Gasteiger partial charge in [0.1, 0.15) is 11.3 Å². The number of ether oxygens (including phenoxy) is 1. The molecule has 0 saturated heterocycles. The Balaban J connectivity index is 1.28. The quantitative estimate of drug-likeness (QED) is 0.164. The second-order valence-electron chi connectivity index (χ2n) is 12.0. The van der Waals surface area contributed by atoms with E-state index >= 15 is 8.63 Å². The number of hydrogen-bond donors (Lipinski definition) is 0. The summed E-state index contributed by atoms with van der Waals surface area (Å²) in [5, 5.41) is 0.754. The van der Waals surface area contributed by atoms with Crippen LogP contribution in [0.3, 0.4) is 0 Å². The Bertz CT molecular complexity index is 2030. The van der Waals surface area contributed by atoms with Crippen molar-refractivity contribution in [3.05, 3.63) is 91.7 Å². The molecule has 9 heteroatoms. The number of halogens is 2. The third kappa shape index (κ3) is 4.10. The highest BCUT2D eigenvalue weighted by Gasteiger charge is 2.55. The molecule has 3 atom stereocenters. The number of hydrogen-bond acceptors (Lipinski definition) is 4. The van der Waals surface area contributed by atoms with E-state index in [9.17, 15) is 9.59 Å². The van der Waals surface area contributed by atoms with E-state index in [1.54, 1.807) is 57.2 Å². The van der Waals surface area contributed by atoms with Crippen molar-refractivity contribution in [2.75, 3.05) is 6.61 Å². The van der Waals surface area contributed by atoms with Crippen LogP contribution in [0.2, 0.25) is 0 Å². The van der Waals surface area contributed by atoms with E-state index in [1.165, 1.54) is 0 Å². The molecule has 3 unspecified atom stereocenters. The molecule has 218 valence electrons. The molecule has 7 rings (SSSR count). The van der Waals surface area contributed by atoms with Crippen LogP contribution in [0.15, 0.2) is 56.9 Å². The first-order chi connectivity index (χ1) is 20.5. The fraction of sp³-hybridized carbons (Fsp3) is 0.324. The van der Waals surface area contributed by atoms with Gasteiger partial charge in [0.15, 0.2) is 5.70 Å². The molecule has 1 fully saturated rings. The van der Waals surface area contributed by atoms with Gasteiger partial charge in [-0.2, -0.15) is 0 Å². The van der Waals surface area contributed by atoms with Crippen LogP contribution in [0.4, 0.5) is 8.63 Å². The van der Waals surface area contributed by atoms with E-state index in [0.717, 1.165) is 49.5 Å². The van der Waals surface area contributed by atoms with E-state index in [2.05, 4.69) is 11.8 Å². The van der Waals surface area contributed by atoms with Crippen LogP contribution in [0.5, 0.6) is 0 Å². The van der Waals surface area contributed by atoms with Gasteiger partial charge in [-0.05, 0) is 99.7 Å². The number of fused-ring (bicyclic) bond motifs is 5. The predicted molar refractivity (Wildman–Crippen MR) is 163 cm³/mol. The smallest absolute Gasteiger partial charge is 0.466 e. The molecular formula is C34H31BF2N2O4. The highest BCUT2D eigenvalue weighted by Crippen LogP contribution is 2.50. The van der Waals surface area contributed by atoms with Gasteiger partial charge in [0.2, 0.25) is 0 Å². The largest absolute Gasteiger partial charge is 0.737 e.